The summed E-state index contributed by atoms with van der Waals surface area (Å²) in [5.74, 6) is -1.35. The number of amides is 2. The molecular formula is C21H23BrN2O6. The first kappa shape index (κ1) is 23.2. The van der Waals surface area contributed by atoms with E-state index in [4.69, 9.17) is 14.3 Å². The molecule has 160 valence electrons. The van der Waals surface area contributed by atoms with Crippen LogP contribution < -0.4 is 15.4 Å². The number of hydrogen-bond acceptors (Lipinski definition) is 5. The molecular weight excluding hydrogens is 456 g/mol. The molecule has 0 saturated heterocycles. The van der Waals surface area contributed by atoms with Gasteiger partial charge in [0, 0.05) is 13.0 Å². The van der Waals surface area contributed by atoms with Crippen LogP contribution in [0.3, 0.4) is 0 Å². The van der Waals surface area contributed by atoms with Crippen molar-refractivity contribution >= 4 is 39.8 Å². The fraction of sp³-hybridized carbons (Fsp3) is 0.286. The Bertz CT molecular complexity index is 918. The summed E-state index contributed by atoms with van der Waals surface area (Å²) >= 11 is 3.13. The van der Waals surface area contributed by atoms with Crippen LogP contribution in [0.2, 0.25) is 0 Å². The smallest absolute Gasteiger partial charge is 0.303 e. The number of carbonyl (C=O) groups is 3. The van der Waals surface area contributed by atoms with E-state index in [9.17, 15) is 14.4 Å². The molecule has 3 N–H and O–H groups in total. The first-order valence-electron chi connectivity index (χ1n) is 9.29. The molecule has 0 bridgehead atoms. The number of furan rings is 1. The van der Waals surface area contributed by atoms with Crippen molar-refractivity contribution in [3.8, 4) is 5.75 Å². The topological polar surface area (TPSA) is 118 Å². The fourth-order valence-electron chi connectivity index (χ4n) is 2.40. The van der Waals surface area contributed by atoms with Gasteiger partial charge in [-0.2, -0.15) is 0 Å². The van der Waals surface area contributed by atoms with E-state index < -0.39 is 17.8 Å². The zero-order valence-electron chi connectivity index (χ0n) is 16.6. The van der Waals surface area contributed by atoms with Crippen molar-refractivity contribution in [2.75, 3.05) is 6.54 Å². The number of rotatable bonds is 10. The number of ether oxygens (including phenoxy) is 1. The van der Waals surface area contributed by atoms with Gasteiger partial charge in [-0.25, -0.2) is 0 Å². The molecule has 1 aromatic carbocycles. The molecule has 0 radical (unpaired) electrons. The van der Waals surface area contributed by atoms with Crippen LogP contribution in [0.1, 0.15) is 42.8 Å². The second kappa shape index (κ2) is 11.2. The van der Waals surface area contributed by atoms with Crippen LogP contribution in [0.15, 0.2) is 51.2 Å². The highest BCUT2D eigenvalue weighted by Gasteiger charge is 2.17. The Morgan fingerprint density at radius 2 is 1.87 bits per heavy atom. The van der Waals surface area contributed by atoms with Gasteiger partial charge < -0.3 is 24.9 Å². The largest absolute Gasteiger partial charge is 0.491 e. The lowest BCUT2D eigenvalue weighted by atomic mass is 10.1. The first-order valence-corrected chi connectivity index (χ1v) is 10.1. The van der Waals surface area contributed by atoms with Crippen LogP contribution in [0, 0.1) is 0 Å². The Morgan fingerprint density at radius 1 is 1.17 bits per heavy atom. The maximum absolute atomic E-state index is 12.6. The fourth-order valence-corrected chi connectivity index (χ4v) is 2.70. The van der Waals surface area contributed by atoms with Crippen molar-refractivity contribution in [1.82, 2.24) is 10.6 Å². The van der Waals surface area contributed by atoms with Gasteiger partial charge in [-0.1, -0.05) is 12.1 Å². The van der Waals surface area contributed by atoms with Crippen molar-refractivity contribution in [3.05, 3.63) is 58.1 Å². The highest BCUT2D eigenvalue weighted by molar-refractivity contribution is 9.10. The summed E-state index contributed by atoms with van der Waals surface area (Å²) < 4.78 is 11.2. The first-order chi connectivity index (χ1) is 14.2. The van der Waals surface area contributed by atoms with Gasteiger partial charge in [0.2, 0.25) is 0 Å². The minimum atomic E-state index is -0.944. The quantitative estimate of drug-likeness (QED) is 0.354. The molecule has 8 nitrogen and oxygen atoms in total. The normalized spacial score (nSPS) is 11.3. The Balaban J connectivity index is 2.16. The monoisotopic (exact) mass is 478 g/mol. The van der Waals surface area contributed by atoms with Crippen LogP contribution in [-0.2, 0) is 9.59 Å². The Hall–Kier alpha value is -3.07. The van der Waals surface area contributed by atoms with Crippen LogP contribution in [0.5, 0.6) is 5.75 Å². The number of carboxylic acid groups (broad SMARTS) is 1. The Labute approximate surface area is 182 Å². The van der Waals surface area contributed by atoms with Crippen molar-refractivity contribution in [2.45, 2.75) is 32.8 Å². The molecule has 0 unspecified atom stereocenters. The average Bonchev–Trinajstić information content (AvgIpc) is 3.12. The molecule has 9 heteroatoms. The minimum absolute atomic E-state index is 0.000348. The summed E-state index contributed by atoms with van der Waals surface area (Å²) in [5, 5.41) is 13.8. The van der Waals surface area contributed by atoms with Gasteiger partial charge in [-0.05, 0) is 72.1 Å². The molecule has 2 aromatic rings. The number of carbonyl (C=O) groups excluding carboxylic acids is 2. The molecule has 0 saturated carbocycles. The van der Waals surface area contributed by atoms with Crippen LogP contribution in [0.25, 0.3) is 6.08 Å². The van der Waals surface area contributed by atoms with Gasteiger partial charge in [-0.3, -0.25) is 14.4 Å². The van der Waals surface area contributed by atoms with Gasteiger partial charge in [0.1, 0.15) is 11.4 Å². The number of nitrogens with one attached hydrogen (secondary N) is 2. The van der Waals surface area contributed by atoms with E-state index in [1.54, 1.807) is 30.3 Å². The van der Waals surface area contributed by atoms with Gasteiger partial charge in [0.25, 0.3) is 11.8 Å². The van der Waals surface area contributed by atoms with E-state index in [1.165, 1.54) is 12.1 Å². The maximum Gasteiger partial charge on any atom is 0.303 e. The van der Waals surface area contributed by atoms with E-state index >= 15 is 0 Å². The van der Waals surface area contributed by atoms with Crippen molar-refractivity contribution in [1.29, 1.82) is 0 Å². The summed E-state index contributed by atoms with van der Waals surface area (Å²) in [6, 6.07) is 10.1. The van der Waals surface area contributed by atoms with Gasteiger partial charge in [0.15, 0.2) is 10.4 Å². The lowest BCUT2D eigenvalue weighted by Crippen LogP contribution is -2.35. The van der Waals surface area contributed by atoms with Gasteiger partial charge in [-0.15, -0.1) is 0 Å². The summed E-state index contributed by atoms with van der Waals surface area (Å²) in [4.78, 5) is 35.6. The molecule has 0 aliphatic carbocycles. The summed E-state index contributed by atoms with van der Waals surface area (Å²) in [6.45, 7) is 4.00. The summed E-state index contributed by atoms with van der Waals surface area (Å²) in [6.07, 6.45) is 1.75. The molecule has 0 spiro atoms. The highest BCUT2D eigenvalue weighted by Crippen LogP contribution is 2.17. The molecule has 2 rings (SSSR count). The number of halogens is 1. The number of hydrogen-bond donors (Lipinski definition) is 3. The molecule has 0 aliphatic rings. The van der Waals surface area contributed by atoms with Crippen molar-refractivity contribution in [2.24, 2.45) is 0 Å². The van der Waals surface area contributed by atoms with E-state index in [2.05, 4.69) is 26.6 Å². The standard InChI is InChI=1S/C21H23BrN2O6/c1-13(2)29-15-7-5-14(6-8-15)12-16(20(27)23-11-3-4-19(25)26)24-21(28)17-9-10-18(22)30-17/h5-10,12-13H,3-4,11H2,1-2H3,(H,23,27)(H,24,28)(H,25,26). The lowest BCUT2D eigenvalue weighted by molar-refractivity contribution is -0.137. The maximum atomic E-state index is 12.6. The third kappa shape index (κ3) is 7.75. The predicted molar refractivity (Wildman–Crippen MR) is 114 cm³/mol. The van der Waals surface area contributed by atoms with Crippen LogP contribution in [-0.4, -0.2) is 35.5 Å². The molecule has 2 amide bonds. The summed E-state index contributed by atoms with van der Waals surface area (Å²) in [7, 11) is 0. The molecule has 1 aromatic heterocycles. The van der Waals surface area contributed by atoms with Crippen molar-refractivity contribution in [3.63, 3.8) is 0 Å². The molecule has 1 heterocycles. The van der Waals surface area contributed by atoms with Crippen LogP contribution in [0.4, 0.5) is 0 Å². The Kier molecular flexibility index (Phi) is 8.67. The third-order valence-corrected chi connectivity index (χ3v) is 4.13. The lowest BCUT2D eigenvalue weighted by Gasteiger charge is -2.11. The minimum Gasteiger partial charge on any atom is -0.491 e. The SMILES string of the molecule is CC(C)Oc1ccc(C=C(NC(=O)c2ccc(Br)o2)C(=O)NCCCC(=O)O)cc1. The Morgan fingerprint density at radius 3 is 2.43 bits per heavy atom. The zero-order valence-corrected chi connectivity index (χ0v) is 18.2. The van der Waals surface area contributed by atoms with Crippen molar-refractivity contribution < 1.29 is 28.6 Å². The number of aliphatic carboxylic acids is 1. The second-order valence-electron chi connectivity index (χ2n) is 6.60. The van der Waals surface area contributed by atoms with Gasteiger partial charge in [0.05, 0.1) is 6.10 Å². The second-order valence-corrected chi connectivity index (χ2v) is 7.39. The van der Waals surface area contributed by atoms with Gasteiger partial charge >= 0.3 is 5.97 Å². The predicted octanol–water partition coefficient (Wildman–Crippen LogP) is 3.58. The zero-order chi connectivity index (χ0) is 22.1. The van der Waals surface area contributed by atoms with E-state index in [0.717, 1.165) is 0 Å². The highest BCUT2D eigenvalue weighted by atomic mass is 79.9. The molecule has 30 heavy (non-hydrogen) atoms. The molecule has 0 fully saturated rings. The van der Waals surface area contributed by atoms with E-state index in [-0.39, 0.29) is 36.9 Å². The third-order valence-electron chi connectivity index (χ3n) is 3.71. The number of carboxylic acids is 1. The van der Waals surface area contributed by atoms with Crippen LogP contribution >= 0.6 is 15.9 Å². The molecule has 0 aliphatic heterocycles. The number of benzene rings is 1. The van der Waals surface area contributed by atoms with E-state index in [0.29, 0.717) is 16.0 Å². The van der Waals surface area contributed by atoms with E-state index in [1.807, 2.05) is 13.8 Å². The summed E-state index contributed by atoms with van der Waals surface area (Å²) in [5.41, 5.74) is 0.670. The molecule has 0 atom stereocenters. The average molecular weight is 479 g/mol.